The summed E-state index contributed by atoms with van der Waals surface area (Å²) in [5.41, 5.74) is 0.0805. The molecular formula is C17H21N3O2S. The first-order chi connectivity index (χ1) is 11.1. The van der Waals surface area contributed by atoms with E-state index in [1.165, 1.54) is 24.2 Å². The highest BCUT2D eigenvalue weighted by molar-refractivity contribution is 7.08. The van der Waals surface area contributed by atoms with Crippen LogP contribution in [0.3, 0.4) is 0 Å². The summed E-state index contributed by atoms with van der Waals surface area (Å²) in [7, 11) is 0. The molecule has 5 nitrogen and oxygen atoms in total. The van der Waals surface area contributed by atoms with E-state index in [0.29, 0.717) is 11.6 Å². The van der Waals surface area contributed by atoms with Gasteiger partial charge in [0.1, 0.15) is 17.1 Å². The number of thiophene rings is 1. The second-order valence-electron chi connectivity index (χ2n) is 6.25. The van der Waals surface area contributed by atoms with Crippen LogP contribution in [-0.4, -0.2) is 27.5 Å². The Morgan fingerprint density at radius 1 is 1.43 bits per heavy atom. The predicted octanol–water partition coefficient (Wildman–Crippen LogP) is 2.83. The normalized spacial score (nSPS) is 17.8. The number of carbonyl (C=O) groups excluding carboxylic acids is 1. The van der Waals surface area contributed by atoms with Crippen molar-refractivity contribution in [3.63, 3.8) is 0 Å². The standard InChI is InChI=1S/C17H21N3O2S/c1-17(22,13-7-9-23-10-13)11-19-16(21)14-6-8-18-15(20-14)12-4-2-3-5-12/h6-10,12,22H,2-5,11H2,1H3,(H,19,21). The molecule has 0 aromatic carbocycles. The van der Waals surface area contributed by atoms with Crippen molar-refractivity contribution < 1.29 is 9.90 Å². The van der Waals surface area contributed by atoms with Gasteiger partial charge in [-0.3, -0.25) is 4.79 Å². The molecule has 6 heteroatoms. The van der Waals surface area contributed by atoms with Crippen molar-refractivity contribution >= 4 is 17.2 Å². The number of hydrogen-bond acceptors (Lipinski definition) is 5. The summed E-state index contributed by atoms with van der Waals surface area (Å²) in [6, 6.07) is 3.48. The van der Waals surface area contributed by atoms with Gasteiger partial charge in [0, 0.05) is 12.1 Å². The number of hydrogen-bond donors (Lipinski definition) is 2. The Kier molecular flexibility index (Phi) is 4.73. The fourth-order valence-corrected chi connectivity index (χ4v) is 3.68. The zero-order chi connectivity index (χ0) is 16.3. The molecule has 0 radical (unpaired) electrons. The molecule has 2 aromatic rings. The third-order valence-electron chi connectivity index (χ3n) is 4.36. The van der Waals surface area contributed by atoms with Crippen LogP contribution in [0.5, 0.6) is 0 Å². The van der Waals surface area contributed by atoms with Gasteiger partial charge in [-0.1, -0.05) is 12.8 Å². The van der Waals surface area contributed by atoms with Crippen LogP contribution in [0, 0.1) is 0 Å². The second kappa shape index (κ2) is 6.76. The Bertz CT molecular complexity index is 664. The summed E-state index contributed by atoms with van der Waals surface area (Å²) >= 11 is 1.52. The third kappa shape index (κ3) is 3.76. The van der Waals surface area contributed by atoms with Gasteiger partial charge in [0.15, 0.2) is 0 Å². The average Bonchev–Trinajstić information content (AvgIpc) is 3.25. The fraction of sp³-hybridized carbons (Fsp3) is 0.471. The fourth-order valence-electron chi connectivity index (χ4n) is 2.90. The summed E-state index contributed by atoms with van der Waals surface area (Å²) in [5, 5.41) is 17.0. The molecule has 0 spiro atoms. The molecule has 1 aliphatic rings. The second-order valence-corrected chi connectivity index (χ2v) is 7.03. The molecule has 1 saturated carbocycles. The van der Waals surface area contributed by atoms with Crippen molar-refractivity contribution in [2.45, 2.75) is 44.1 Å². The van der Waals surface area contributed by atoms with Gasteiger partial charge >= 0.3 is 0 Å². The van der Waals surface area contributed by atoms with E-state index in [1.807, 2.05) is 16.8 Å². The van der Waals surface area contributed by atoms with Crippen molar-refractivity contribution in [1.82, 2.24) is 15.3 Å². The van der Waals surface area contributed by atoms with Crippen LogP contribution >= 0.6 is 11.3 Å². The van der Waals surface area contributed by atoms with Crippen LogP contribution in [0.25, 0.3) is 0 Å². The van der Waals surface area contributed by atoms with Crippen molar-refractivity contribution in [3.8, 4) is 0 Å². The first-order valence-corrected chi connectivity index (χ1v) is 8.87. The molecule has 1 atom stereocenters. The van der Waals surface area contributed by atoms with Crippen LogP contribution in [-0.2, 0) is 5.60 Å². The van der Waals surface area contributed by atoms with Gasteiger partial charge in [-0.05, 0) is 48.2 Å². The minimum atomic E-state index is -1.09. The maximum Gasteiger partial charge on any atom is 0.270 e. The summed E-state index contributed by atoms with van der Waals surface area (Å²) in [5.74, 6) is 0.860. The molecule has 2 heterocycles. The highest BCUT2D eigenvalue weighted by atomic mass is 32.1. The van der Waals surface area contributed by atoms with Crippen molar-refractivity contribution in [3.05, 3.63) is 46.2 Å². The number of nitrogens with one attached hydrogen (secondary N) is 1. The number of amides is 1. The minimum Gasteiger partial charge on any atom is -0.384 e. The third-order valence-corrected chi connectivity index (χ3v) is 5.05. The largest absolute Gasteiger partial charge is 0.384 e. The van der Waals surface area contributed by atoms with E-state index in [2.05, 4.69) is 15.3 Å². The molecule has 23 heavy (non-hydrogen) atoms. The monoisotopic (exact) mass is 331 g/mol. The van der Waals surface area contributed by atoms with Crippen molar-refractivity contribution in [2.75, 3.05) is 6.54 Å². The first-order valence-electron chi connectivity index (χ1n) is 7.92. The van der Waals surface area contributed by atoms with Crippen LogP contribution < -0.4 is 5.32 Å². The van der Waals surface area contributed by atoms with E-state index in [0.717, 1.165) is 24.2 Å². The summed E-state index contributed by atoms with van der Waals surface area (Å²) in [6.45, 7) is 1.84. The average molecular weight is 331 g/mol. The van der Waals surface area contributed by atoms with Gasteiger partial charge in [0.25, 0.3) is 5.91 Å². The van der Waals surface area contributed by atoms with Crippen molar-refractivity contribution in [2.24, 2.45) is 0 Å². The molecule has 2 N–H and O–H groups in total. The summed E-state index contributed by atoms with van der Waals surface area (Å²) in [4.78, 5) is 21.0. The number of aromatic nitrogens is 2. The lowest BCUT2D eigenvalue weighted by Crippen LogP contribution is -2.38. The molecular weight excluding hydrogens is 310 g/mol. The zero-order valence-corrected chi connectivity index (χ0v) is 14.0. The van der Waals surface area contributed by atoms with Gasteiger partial charge in [-0.25, -0.2) is 9.97 Å². The first kappa shape index (κ1) is 16.1. The Hall–Kier alpha value is -1.79. The Balaban J connectivity index is 1.65. The molecule has 0 bridgehead atoms. The topological polar surface area (TPSA) is 75.1 Å². The molecule has 1 unspecified atom stereocenters. The van der Waals surface area contributed by atoms with Crippen molar-refractivity contribution in [1.29, 1.82) is 0 Å². The number of aliphatic hydroxyl groups is 1. The van der Waals surface area contributed by atoms with Crippen LogP contribution in [0.2, 0.25) is 0 Å². The molecule has 1 fully saturated rings. The van der Waals surface area contributed by atoms with E-state index in [-0.39, 0.29) is 12.5 Å². The number of rotatable bonds is 5. The quantitative estimate of drug-likeness (QED) is 0.883. The predicted molar refractivity (Wildman–Crippen MR) is 89.5 cm³/mol. The van der Waals surface area contributed by atoms with Gasteiger partial charge in [-0.2, -0.15) is 11.3 Å². The van der Waals surface area contributed by atoms with E-state index in [1.54, 1.807) is 19.2 Å². The van der Waals surface area contributed by atoms with E-state index >= 15 is 0 Å². The number of nitrogens with zero attached hydrogens (tertiary/aromatic N) is 2. The minimum absolute atomic E-state index is 0.144. The molecule has 3 rings (SSSR count). The highest BCUT2D eigenvalue weighted by Gasteiger charge is 2.25. The Morgan fingerprint density at radius 2 is 2.22 bits per heavy atom. The molecule has 0 aliphatic heterocycles. The van der Waals surface area contributed by atoms with Gasteiger partial charge in [0.05, 0.1) is 6.54 Å². The molecule has 122 valence electrons. The zero-order valence-electron chi connectivity index (χ0n) is 13.2. The van der Waals surface area contributed by atoms with Gasteiger partial charge in [0.2, 0.25) is 0 Å². The summed E-state index contributed by atoms with van der Waals surface area (Å²) in [6.07, 6.45) is 6.24. The SMILES string of the molecule is CC(O)(CNC(=O)c1ccnc(C2CCCC2)n1)c1ccsc1. The molecule has 2 aromatic heterocycles. The molecule has 1 amide bonds. The highest BCUT2D eigenvalue weighted by Crippen LogP contribution is 2.31. The summed E-state index contributed by atoms with van der Waals surface area (Å²) < 4.78 is 0. The van der Waals surface area contributed by atoms with Crippen LogP contribution in [0.15, 0.2) is 29.1 Å². The van der Waals surface area contributed by atoms with Gasteiger partial charge < -0.3 is 10.4 Å². The van der Waals surface area contributed by atoms with E-state index in [9.17, 15) is 9.90 Å². The lowest BCUT2D eigenvalue weighted by atomic mass is 9.99. The van der Waals surface area contributed by atoms with E-state index in [4.69, 9.17) is 0 Å². The maximum atomic E-state index is 12.3. The van der Waals surface area contributed by atoms with Crippen LogP contribution in [0.1, 0.15) is 60.4 Å². The Labute approximate surface area is 139 Å². The molecule has 0 saturated heterocycles. The smallest absolute Gasteiger partial charge is 0.270 e. The lowest BCUT2D eigenvalue weighted by molar-refractivity contribution is 0.0528. The lowest BCUT2D eigenvalue weighted by Gasteiger charge is -2.22. The number of carbonyl (C=O) groups is 1. The molecule has 1 aliphatic carbocycles. The van der Waals surface area contributed by atoms with Gasteiger partial charge in [-0.15, -0.1) is 0 Å². The maximum absolute atomic E-state index is 12.3. The Morgan fingerprint density at radius 3 is 2.91 bits per heavy atom. The van der Waals surface area contributed by atoms with Crippen LogP contribution in [0.4, 0.5) is 0 Å². The van der Waals surface area contributed by atoms with E-state index < -0.39 is 5.60 Å².